The number of rotatable bonds is 4. The molecule has 2 rings (SSSR count). The third-order valence-corrected chi connectivity index (χ3v) is 2.78. The minimum absolute atomic E-state index is 0.0524. The zero-order chi connectivity index (χ0) is 11.8. The summed E-state index contributed by atoms with van der Waals surface area (Å²) in [5, 5.41) is 22.5. The Kier molecular flexibility index (Phi) is 2.64. The Bertz CT molecular complexity index is 435. The summed E-state index contributed by atoms with van der Waals surface area (Å²) < 4.78 is 0. The van der Waals surface area contributed by atoms with Crippen molar-refractivity contribution in [2.24, 2.45) is 0 Å². The lowest BCUT2D eigenvalue weighted by molar-refractivity contribution is -0.384. The van der Waals surface area contributed by atoms with E-state index in [0.717, 1.165) is 19.2 Å². The standard InChI is InChI=1S/C8H9ClN4O3/c9-6-5(13(15)16)7(11-4-10-6)12-8(3-14)1-2-8/h4,14H,1-3H2,(H,10,11,12). The predicted molar refractivity (Wildman–Crippen MR) is 56.4 cm³/mol. The van der Waals surface area contributed by atoms with Gasteiger partial charge in [-0.05, 0) is 12.8 Å². The van der Waals surface area contributed by atoms with Crippen LogP contribution in [0.3, 0.4) is 0 Å². The lowest BCUT2D eigenvalue weighted by Crippen LogP contribution is -2.26. The number of aliphatic hydroxyl groups is 1. The fraction of sp³-hybridized carbons (Fsp3) is 0.500. The van der Waals surface area contributed by atoms with Crippen LogP contribution in [-0.4, -0.2) is 32.1 Å². The van der Waals surface area contributed by atoms with Gasteiger partial charge in [0, 0.05) is 0 Å². The van der Waals surface area contributed by atoms with Crippen molar-refractivity contribution in [2.75, 3.05) is 11.9 Å². The van der Waals surface area contributed by atoms with Crippen LogP contribution < -0.4 is 5.32 Å². The fourth-order valence-corrected chi connectivity index (χ4v) is 1.54. The van der Waals surface area contributed by atoms with Crippen LogP contribution in [0.2, 0.25) is 5.15 Å². The molecule has 7 nitrogen and oxygen atoms in total. The van der Waals surface area contributed by atoms with Gasteiger partial charge in [-0.2, -0.15) is 0 Å². The number of hydrogen-bond donors (Lipinski definition) is 2. The second-order valence-electron chi connectivity index (χ2n) is 3.68. The highest BCUT2D eigenvalue weighted by Crippen LogP contribution is 2.40. The normalized spacial score (nSPS) is 16.9. The van der Waals surface area contributed by atoms with Gasteiger partial charge >= 0.3 is 5.69 Å². The number of anilines is 1. The van der Waals surface area contributed by atoms with Gasteiger partial charge in [-0.3, -0.25) is 10.1 Å². The number of nitrogens with one attached hydrogen (secondary N) is 1. The van der Waals surface area contributed by atoms with Gasteiger partial charge in [0.2, 0.25) is 11.0 Å². The van der Waals surface area contributed by atoms with E-state index in [1.807, 2.05) is 0 Å². The molecule has 2 N–H and O–H groups in total. The summed E-state index contributed by atoms with van der Waals surface area (Å²) in [6, 6.07) is 0. The molecular weight excluding hydrogens is 236 g/mol. The summed E-state index contributed by atoms with van der Waals surface area (Å²) in [5.74, 6) is 0.0524. The topological polar surface area (TPSA) is 101 Å². The number of aromatic nitrogens is 2. The molecule has 1 aliphatic carbocycles. The van der Waals surface area contributed by atoms with Crippen molar-refractivity contribution in [3.8, 4) is 0 Å². The minimum Gasteiger partial charge on any atom is -0.394 e. The monoisotopic (exact) mass is 244 g/mol. The Hall–Kier alpha value is -1.47. The molecule has 0 spiro atoms. The highest BCUT2D eigenvalue weighted by atomic mass is 35.5. The molecule has 0 aromatic carbocycles. The van der Waals surface area contributed by atoms with Gasteiger partial charge in [-0.15, -0.1) is 0 Å². The smallest absolute Gasteiger partial charge is 0.348 e. The van der Waals surface area contributed by atoms with E-state index >= 15 is 0 Å². The Balaban J connectivity index is 2.33. The van der Waals surface area contributed by atoms with Gasteiger partial charge in [0.05, 0.1) is 17.1 Å². The summed E-state index contributed by atoms with van der Waals surface area (Å²) in [6.07, 6.45) is 2.65. The summed E-state index contributed by atoms with van der Waals surface area (Å²) in [4.78, 5) is 17.5. The average Bonchev–Trinajstić information content (AvgIpc) is 2.98. The lowest BCUT2D eigenvalue weighted by Gasteiger charge is -2.14. The molecule has 1 aliphatic rings. The maximum Gasteiger partial charge on any atom is 0.348 e. The molecule has 1 aromatic heterocycles. The summed E-state index contributed by atoms with van der Waals surface area (Å²) in [6.45, 7) is -0.0915. The fourth-order valence-electron chi connectivity index (χ4n) is 1.34. The molecule has 0 radical (unpaired) electrons. The van der Waals surface area contributed by atoms with Crippen LogP contribution in [0.5, 0.6) is 0 Å². The van der Waals surface area contributed by atoms with Crippen LogP contribution in [0.25, 0.3) is 0 Å². The van der Waals surface area contributed by atoms with Crippen molar-refractivity contribution in [3.05, 3.63) is 21.6 Å². The quantitative estimate of drug-likeness (QED) is 0.465. The van der Waals surface area contributed by atoms with Crippen LogP contribution in [0.15, 0.2) is 6.33 Å². The molecule has 16 heavy (non-hydrogen) atoms. The molecule has 0 unspecified atom stereocenters. The Morgan fingerprint density at radius 3 is 2.81 bits per heavy atom. The van der Waals surface area contributed by atoms with Gasteiger partial charge in [0.1, 0.15) is 6.33 Å². The molecule has 0 atom stereocenters. The van der Waals surface area contributed by atoms with Crippen molar-refractivity contribution in [3.63, 3.8) is 0 Å². The SMILES string of the molecule is O=[N+]([O-])c1c(Cl)ncnc1NC1(CO)CC1. The van der Waals surface area contributed by atoms with E-state index in [9.17, 15) is 10.1 Å². The number of hydrogen-bond acceptors (Lipinski definition) is 6. The first-order valence-corrected chi connectivity index (χ1v) is 5.00. The first-order chi connectivity index (χ1) is 7.58. The number of nitro groups is 1. The van der Waals surface area contributed by atoms with Crippen molar-refractivity contribution >= 4 is 23.1 Å². The Morgan fingerprint density at radius 1 is 1.62 bits per heavy atom. The highest BCUT2D eigenvalue weighted by molar-refractivity contribution is 6.31. The van der Waals surface area contributed by atoms with E-state index in [1.165, 1.54) is 0 Å². The van der Waals surface area contributed by atoms with Crippen molar-refractivity contribution in [1.82, 2.24) is 9.97 Å². The highest BCUT2D eigenvalue weighted by Gasteiger charge is 2.44. The molecule has 0 saturated heterocycles. The molecular formula is C8H9ClN4O3. The molecule has 0 bridgehead atoms. The van der Waals surface area contributed by atoms with E-state index in [-0.39, 0.29) is 23.3 Å². The number of nitrogens with zero attached hydrogens (tertiary/aromatic N) is 3. The van der Waals surface area contributed by atoms with Crippen LogP contribution in [0, 0.1) is 10.1 Å². The lowest BCUT2D eigenvalue weighted by atomic mass is 10.3. The van der Waals surface area contributed by atoms with E-state index < -0.39 is 10.5 Å². The molecule has 1 fully saturated rings. The number of aliphatic hydroxyl groups excluding tert-OH is 1. The molecule has 1 aromatic rings. The zero-order valence-corrected chi connectivity index (χ0v) is 8.94. The van der Waals surface area contributed by atoms with E-state index in [4.69, 9.17) is 16.7 Å². The minimum atomic E-state index is -0.641. The molecule has 1 saturated carbocycles. The molecule has 86 valence electrons. The van der Waals surface area contributed by atoms with Crippen LogP contribution in [-0.2, 0) is 0 Å². The molecule has 1 heterocycles. The summed E-state index contributed by atoms with van der Waals surface area (Å²) in [7, 11) is 0. The van der Waals surface area contributed by atoms with Crippen molar-refractivity contribution in [2.45, 2.75) is 18.4 Å². The summed E-state index contributed by atoms with van der Waals surface area (Å²) >= 11 is 5.62. The third kappa shape index (κ3) is 1.91. The maximum absolute atomic E-state index is 10.8. The third-order valence-electron chi connectivity index (χ3n) is 2.50. The largest absolute Gasteiger partial charge is 0.394 e. The molecule has 8 heteroatoms. The molecule has 0 amide bonds. The molecule has 0 aliphatic heterocycles. The first-order valence-electron chi connectivity index (χ1n) is 4.62. The van der Waals surface area contributed by atoms with Gasteiger partial charge in [0.15, 0.2) is 0 Å². The van der Waals surface area contributed by atoms with Gasteiger partial charge < -0.3 is 10.4 Å². The van der Waals surface area contributed by atoms with Gasteiger partial charge in [-0.1, -0.05) is 11.6 Å². The maximum atomic E-state index is 10.8. The zero-order valence-electron chi connectivity index (χ0n) is 8.18. The van der Waals surface area contributed by atoms with Crippen LogP contribution >= 0.6 is 11.6 Å². The second kappa shape index (κ2) is 3.84. The first kappa shape index (κ1) is 11.0. The Morgan fingerprint density at radius 2 is 2.31 bits per heavy atom. The predicted octanol–water partition coefficient (Wildman–Crippen LogP) is 0.975. The van der Waals surface area contributed by atoms with Crippen molar-refractivity contribution in [1.29, 1.82) is 0 Å². The average molecular weight is 245 g/mol. The van der Waals surface area contributed by atoms with E-state index in [0.29, 0.717) is 0 Å². The van der Waals surface area contributed by atoms with E-state index in [2.05, 4.69) is 15.3 Å². The second-order valence-corrected chi connectivity index (χ2v) is 4.04. The van der Waals surface area contributed by atoms with Gasteiger partial charge in [-0.25, -0.2) is 9.97 Å². The summed E-state index contributed by atoms with van der Waals surface area (Å²) in [5.41, 5.74) is -0.841. The Labute approximate surface area is 95.6 Å². The van der Waals surface area contributed by atoms with E-state index in [1.54, 1.807) is 0 Å². The van der Waals surface area contributed by atoms with Gasteiger partial charge in [0.25, 0.3) is 0 Å². The van der Waals surface area contributed by atoms with Crippen molar-refractivity contribution < 1.29 is 10.0 Å². The van der Waals surface area contributed by atoms with Crippen LogP contribution in [0.4, 0.5) is 11.5 Å². The van der Waals surface area contributed by atoms with Crippen LogP contribution in [0.1, 0.15) is 12.8 Å². The number of halogens is 1.